The molecule has 6 nitrogen and oxygen atoms in total. The van der Waals surface area contributed by atoms with Gasteiger partial charge in [-0.25, -0.2) is 0 Å². The number of rotatable bonds is 8. The Hall–Kier alpha value is -3.02. The second kappa shape index (κ2) is 8.73. The van der Waals surface area contributed by atoms with Crippen molar-refractivity contribution in [2.45, 2.75) is 25.7 Å². The van der Waals surface area contributed by atoms with Crippen LogP contribution in [0, 0.1) is 0 Å². The lowest BCUT2D eigenvalue weighted by Gasteiger charge is -2.04. The molecule has 25 heavy (non-hydrogen) atoms. The van der Waals surface area contributed by atoms with Crippen molar-refractivity contribution in [2.75, 3.05) is 6.54 Å². The van der Waals surface area contributed by atoms with Crippen LogP contribution in [0.4, 0.5) is 0 Å². The third-order valence-corrected chi connectivity index (χ3v) is 3.72. The van der Waals surface area contributed by atoms with Gasteiger partial charge in [0.15, 0.2) is 0 Å². The summed E-state index contributed by atoms with van der Waals surface area (Å²) in [6, 6.07) is 15.5. The molecule has 0 saturated heterocycles. The summed E-state index contributed by atoms with van der Waals surface area (Å²) in [4.78, 5) is 20.5. The Bertz CT molecular complexity index is 787. The van der Waals surface area contributed by atoms with E-state index in [0.29, 0.717) is 31.1 Å². The molecule has 6 heteroatoms. The predicted molar refractivity (Wildman–Crippen MR) is 93.6 cm³/mol. The monoisotopic (exact) mass is 336 g/mol. The van der Waals surface area contributed by atoms with E-state index >= 15 is 0 Å². The Labute approximate surface area is 146 Å². The van der Waals surface area contributed by atoms with Gasteiger partial charge in [-0.1, -0.05) is 41.6 Å². The van der Waals surface area contributed by atoms with Crippen molar-refractivity contribution in [2.24, 2.45) is 0 Å². The summed E-state index contributed by atoms with van der Waals surface area (Å²) < 4.78 is 5.20. The van der Waals surface area contributed by atoms with Crippen LogP contribution in [-0.2, 0) is 17.6 Å². The van der Waals surface area contributed by atoms with E-state index in [1.807, 2.05) is 48.5 Å². The number of carbonyl (C=O) groups excluding carboxylic acids is 1. The third kappa shape index (κ3) is 5.24. The smallest absolute Gasteiger partial charge is 0.227 e. The highest BCUT2D eigenvalue weighted by Gasteiger charge is 2.10. The van der Waals surface area contributed by atoms with Gasteiger partial charge < -0.3 is 9.84 Å². The zero-order chi connectivity index (χ0) is 17.3. The largest absolute Gasteiger partial charge is 0.356 e. The molecular formula is C19H20N4O2. The molecule has 0 spiro atoms. The molecule has 0 atom stereocenters. The van der Waals surface area contributed by atoms with Gasteiger partial charge in [-0.3, -0.25) is 9.78 Å². The van der Waals surface area contributed by atoms with E-state index in [9.17, 15) is 4.79 Å². The molecule has 1 amide bonds. The van der Waals surface area contributed by atoms with Crippen LogP contribution < -0.4 is 5.32 Å². The molecule has 0 fully saturated rings. The summed E-state index contributed by atoms with van der Waals surface area (Å²) in [5.74, 6) is 1.01. The van der Waals surface area contributed by atoms with Crippen molar-refractivity contribution >= 4 is 5.91 Å². The highest BCUT2D eigenvalue weighted by atomic mass is 16.5. The predicted octanol–water partition coefficient (Wildman–Crippen LogP) is 2.81. The number of hydrogen-bond donors (Lipinski definition) is 1. The van der Waals surface area contributed by atoms with E-state index in [4.69, 9.17) is 4.52 Å². The maximum atomic E-state index is 11.9. The third-order valence-electron chi connectivity index (χ3n) is 3.72. The lowest BCUT2D eigenvalue weighted by atomic mass is 10.2. The maximum Gasteiger partial charge on any atom is 0.227 e. The van der Waals surface area contributed by atoms with Crippen molar-refractivity contribution in [3.63, 3.8) is 0 Å². The van der Waals surface area contributed by atoms with Crippen LogP contribution in [0.3, 0.4) is 0 Å². The first kappa shape index (κ1) is 16.8. The SMILES string of the molecule is O=C(CCc1nc(-c2ccccc2)no1)NCCCc1ccccn1. The first-order chi connectivity index (χ1) is 12.3. The molecule has 3 rings (SSSR count). The minimum Gasteiger partial charge on any atom is -0.356 e. The fourth-order valence-electron chi connectivity index (χ4n) is 2.41. The van der Waals surface area contributed by atoms with Crippen LogP contribution in [0.25, 0.3) is 11.4 Å². The Morgan fingerprint density at radius 3 is 2.68 bits per heavy atom. The molecule has 0 aliphatic rings. The molecule has 3 aromatic rings. The van der Waals surface area contributed by atoms with E-state index in [-0.39, 0.29) is 5.91 Å². The number of carbonyl (C=O) groups is 1. The molecule has 0 aliphatic carbocycles. The second-order valence-corrected chi connectivity index (χ2v) is 5.65. The molecular weight excluding hydrogens is 316 g/mol. The first-order valence-electron chi connectivity index (χ1n) is 8.36. The van der Waals surface area contributed by atoms with E-state index in [0.717, 1.165) is 24.1 Å². The zero-order valence-corrected chi connectivity index (χ0v) is 13.9. The number of pyridine rings is 1. The summed E-state index contributed by atoms with van der Waals surface area (Å²) in [6.45, 7) is 0.633. The lowest BCUT2D eigenvalue weighted by Crippen LogP contribution is -2.25. The molecule has 0 radical (unpaired) electrons. The summed E-state index contributed by atoms with van der Waals surface area (Å²) in [7, 11) is 0. The van der Waals surface area contributed by atoms with E-state index < -0.39 is 0 Å². The molecule has 1 aromatic carbocycles. The van der Waals surface area contributed by atoms with Gasteiger partial charge >= 0.3 is 0 Å². The van der Waals surface area contributed by atoms with Gasteiger partial charge in [0.2, 0.25) is 17.6 Å². The van der Waals surface area contributed by atoms with Crippen LogP contribution in [-0.4, -0.2) is 27.6 Å². The molecule has 0 unspecified atom stereocenters. The quantitative estimate of drug-likeness (QED) is 0.640. The van der Waals surface area contributed by atoms with Gasteiger partial charge in [-0.15, -0.1) is 0 Å². The molecule has 2 heterocycles. The summed E-state index contributed by atoms with van der Waals surface area (Å²) in [6.07, 6.45) is 4.26. The normalized spacial score (nSPS) is 10.6. The Morgan fingerprint density at radius 1 is 1.04 bits per heavy atom. The molecule has 2 aromatic heterocycles. The highest BCUT2D eigenvalue weighted by molar-refractivity contribution is 5.75. The van der Waals surface area contributed by atoms with Crippen molar-refractivity contribution < 1.29 is 9.32 Å². The maximum absolute atomic E-state index is 11.9. The van der Waals surface area contributed by atoms with Gasteiger partial charge in [-0.05, 0) is 25.0 Å². The van der Waals surface area contributed by atoms with E-state index in [1.54, 1.807) is 6.20 Å². The number of hydrogen-bond acceptors (Lipinski definition) is 5. The molecule has 1 N–H and O–H groups in total. The molecule has 128 valence electrons. The molecule has 0 bridgehead atoms. The van der Waals surface area contributed by atoms with Crippen molar-refractivity contribution in [3.8, 4) is 11.4 Å². The van der Waals surface area contributed by atoms with Crippen molar-refractivity contribution in [1.29, 1.82) is 0 Å². The standard InChI is InChI=1S/C19H20N4O2/c24-17(21-14-6-10-16-9-4-5-13-20-16)11-12-18-22-19(23-25-18)15-7-2-1-3-8-15/h1-5,7-9,13H,6,10-12,14H2,(H,21,24). The van der Waals surface area contributed by atoms with Gasteiger partial charge in [0.1, 0.15) is 0 Å². The summed E-state index contributed by atoms with van der Waals surface area (Å²) >= 11 is 0. The van der Waals surface area contributed by atoms with Crippen molar-refractivity contribution in [3.05, 3.63) is 66.3 Å². The van der Waals surface area contributed by atoms with E-state index in [2.05, 4.69) is 20.4 Å². The van der Waals surface area contributed by atoms with E-state index in [1.165, 1.54) is 0 Å². The first-order valence-corrected chi connectivity index (χ1v) is 8.36. The van der Waals surface area contributed by atoms with Gasteiger partial charge in [0, 0.05) is 36.8 Å². The Kier molecular flexibility index (Phi) is 5.87. The summed E-state index contributed by atoms with van der Waals surface area (Å²) in [5.41, 5.74) is 1.94. The summed E-state index contributed by atoms with van der Waals surface area (Å²) in [5, 5.41) is 6.85. The Balaban J connectivity index is 1.37. The molecule has 0 saturated carbocycles. The molecule has 0 aliphatic heterocycles. The average Bonchev–Trinajstić information content (AvgIpc) is 3.14. The number of nitrogens with one attached hydrogen (secondary N) is 1. The number of benzene rings is 1. The number of aryl methyl sites for hydroxylation is 2. The van der Waals surface area contributed by atoms with Gasteiger partial charge in [0.25, 0.3) is 0 Å². The minimum atomic E-state index is -0.0134. The minimum absolute atomic E-state index is 0.0134. The lowest BCUT2D eigenvalue weighted by molar-refractivity contribution is -0.121. The van der Waals surface area contributed by atoms with Gasteiger partial charge in [0.05, 0.1) is 0 Å². The van der Waals surface area contributed by atoms with Crippen LogP contribution in [0.2, 0.25) is 0 Å². The Morgan fingerprint density at radius 2 is 1.88 bits per heavy atom. The van der Waals surface area contributed by atoms with Crippen LogP contribution in [0.1, 0.15) is 24.4 Å². The highest BCUT2D eigenvalue weighted by Crippen LogP contribution is 2.15. The fraction of sp³-hybridized carbons (Fsp3) is 0.263. The van der Waals surface area contributed by atoms with Crippen LogP contribution >= 0.6 is 0 Å². The fourth-order valence-corrected chi connectivity index (χ4v) is 2.41. The number of aromatic nitrogens is 3. The topological polar surface area (TPSA) is 80.9 Å². The zero-order valence-electron chi connectivity index (χ0n) is 13.9. The number of amides is 1. The van der Waals surface area contributed by atoms with Crippen LogP contribution in [0.5, 0.6) is 0 Å². The second-order valence-electron chi connectivity index (χ2n) is 5.65. The number of nitrogens with zero attached hydrogens (tertiary/aromatic N) is 3. The van der Waals surface area contributed by atoms with Crippen molar-refractivity contribution in [1.82, 2.24) is 20.4 Å². The van der Waals surface area contributed by atoms with Gasteiger partial charge in [-0.2, -0.15) is 4.98 Å². The van der Waals surface area contributed by atoms with Crippen LogP contribution in [0.15, 0.2) is 59.3 Å². The average molecular weight is 336 g/mol.